The second-order valence-corrected chi connectivity index (χ2v) is 4.86. The van der Waals surface area contributed by atoms with Crippen molar-refractivity contribution in [1.29, 1.82) is 0 Å². The number of oxazole rings is 1. The topological polar surface area (TPSA) is 81.1 Å². The first kappa shape index (κ1) is 15.2. The van der Waals surface area contributed by atoms with E-state index in [1.54, 1.807) is 0 Å². The number of nitrogens with one attached hydrogen (secondary N) is 1. The molecule has 0 aliphatic rings. The molecule has 1 amide bonds. The van der Waals surface area contributed by atoms with Gasteiger partial charge in [-0.25, -0.2) is 4.98 Å². The molecule has 0 saturated heterocycles. The Bertz CT molecular complexity index is 629. The quantitative estimate of drug-likeness (QED) is 0.669. The van der Waals surface area contributed by atoms with E-state index in [-0.39, 0.29) is 11.4 Å². The Morgan fingerprint density at radius 1 is 1.43 bits per heavy atom. The molecule has 0 atom stereocenters. The molecule has 1 aromatic carbocycles. The minimum atomic E-state index is -4.57. The molecule has 3 N–H and O–H groups in total. The van der Waals surface area contributed by atoms with Crippen molar-refractivity contribution < 1.29 is 22.4 Å². The maximum Gasteiger partial charge on any atom is 0.418 e. The van der Waals surface area contributed by atoms with E-state index in [0.717, 1.165) is 23.9 Å². The molecule has 5 nitrogen and oxygen atoms in total. The van der Waals surface area contributed by atoms with Gasteiger partial charge in [-0.05, 0) is 18.2 Å². The second kappa shape index (κ2) is 6.08. The van der Waals surface area contributed by atoms with Crippen LogP contribution >= 0.6 is 11.8 Å². The largest absolute Gasteiger partial charge is 0.440 e. The van der Waals surface area contributed by atoms with E-state index in [0.29, 0.717) is 5.22 Å². The van der Waals surface area contributed by atoms with Gasteiger partial charge in [0.15, 0.2) is 0 Å². The Labute approximate surface area is 121 Å². The molecule has 0 unspecified atom stereocenters. The third-order valence-electron chi connectivity index (χ3n) is 2.38. The maximum absolute atomic E-state index is 12.7. The van der Waals surface area contributed by atoms with Gasteiger partial charge >= 0.3 is 6.18 Å². The molecule has 0 saturated carbocycles. The molecule has 0 aliphatic heterocycles. The number of nitrogens with zero attached hydrogens (tertiary/aromatic N) is 1. The highest BCUT2D eigenvalue weighted by Gasteiger charge is 2.33. The van der Waals surface area contributed by atoms with Crippen molar-refractivity contribution in [2.45, 2.75) is 11.4 Å². The molecule has 112 valence electrons. The van der Waals surface area contributed by atoms with Crippen molar-refractivity contribution in [3.63, 3.8) is 0 Å². The first-order valence-corrected chi connectivity index (χ1v) is 6.63. The molecule has 0 bridgehead atoms. The van der Waals surface area contributed by atoms with Gasteiger partial charge < -0.3 is 15.5 Å². The highest BCUT2D eigenvalue weighted by atomic mass is 32.2. The number of carbonyl (C=O) groups is 1. The van der Waals surface area contributed by atoms with E-state index < -0.39 is 23.3 Å². The monoisotopic (exact) mass is 317 g/mol. The first-order valence-electron chi connectivity index (χ1n) is 5.65. The standard InChI is InChI=1S/C12H10F3N3O2S/c13-12(14,15)8-5-7(1-2-9(8)16)18-10(19)6-21-11-17-3-4-20-11/h1-5H,6,16H2,(H,18,19). The van der Waals surface area contributed by atoms with Crippen molar-refractivity contribution in [2.75, 3.05) is 16.8 Å². The molecule has 21 heavy (non-hydrogen) atoms. The van der Waals surface area contributed by atoms with Crippen LogP contribution in [0.5, 0.6) is 0 Å². The lowest BCUT2D eigenvalue weighted by Gasteiger charge is -2.12. The van der Waals surface area contributed by atoms with Crippen molar-refractivity contribution in [3.8, 4) is 0 Å². The van der Waals surface area contributed by atoms with Gasteiger partial charge in [-0.2, -0.15) is 13.2 Å². The van der Waals surface area contributed by atoms with Gasteiger partial charge in [0.1, 0.15) is 6.26 Å². The molecule has 1 aromatic heterocycles. The SMILES string of the molecule is Nc1ccc(NC(=O)CSc2ncco2)cc1C(F)(F)F. The maximum atomic E-state index is 12.7. The number of carbonyl (C=O) groups excluding carboxylic acids is 1. The molecular formula is C12H10F3N3O2S. The number of benzene rings is 1. The number of nitrogens with two attached hydrogens (primary N) is 1. The molecule has 0 radical (unpaired) electrons. The number of aromatic nitrogens is 1. The summed E-state index contributed by atoms with van der Waals surface area (Å²) in [5.74, 6) is -0.511. The summed E-state index contributed by atoms with van der Waals surface area (Å²) in [6, 6.07) is 3.20. The molecule has 9 heteroatoms. The van der Waals surface area contributed by atoms with Crippen molar-refractivity contribution in [3.05, 3.63) is 36.2 Å². The average molecular weight is 317 g/mol. The molecule has 2 rings (SSSR count). The summed E-state index contributed by atoms with van der Waals surface area (Å²) in [7, 11) is 0. The van der Waals surface area contributed by atoms with Crippen LogP contribution in [-0.4, -0.2) is 16.6 Å². The average Bonchev–Trinajstić information content (AvgIpc) is 2.90. The summed E-state index contributed by atoms with van der Waals surface area (Å²) >= 11 is 1.03. The predicted molar refractivity (Wildman–Crippen MR) is 71.7 cm³/mol. The van der Waals surface area contributed by atoms with E-state index in [4.69, 9.17) is 10.2 Å². The number of amides is 1. The van der Waals surface area contributed by atoms with Crippen LogP contribution < -0.4 is 11.1 Å². The van der Waals surface area contributed by atoms with E-state index >= 15 is 0 Å². The first-order chi connectivity index (χ1) is 9.86. The summed E-state index contributed by atoms with van der Waals surface area (Å²) < 4.78 is 43.0. The van der Waals surface area contributed by atoms with Gasteiger partial charge in [0, 0.05) is 11.4 Å². The van der Waals surface area contributed by atoms with Crippen LogP contribution in [0.25, 0.3) is 0 Å². The van der Waals surface area contributed by atoms with Crippen LogP contribution in [0.3, 0.4) is 0 Å². The zero-order valence-electron chi connectivity index (χ0n) is 10.5. The lowest BCUT2D eigenvalue weighted by atomic mass is 10.1. The fourth-order valence-electron chi connectivity index (χ4n) is 1.49. The Kier molecular flexibility index (Phi) is 4.41. The minimum Gasteiger partial charge on any atom is -0.440 e. The molecule has 0 fully saturated rings. The third kappa shape index (κ3) is 4.15. The van der Waals surface area contributed by atoms with Crippen molar-refractivity contribution in [1.82, 2.24) is 4.98 Å². The molecule has 0 aliphatic carbocycles. The zero-order chi connectivity index (χ0) is 15.5. The molecule has 1 heterocycles. The van der Waals surface area contributed by atoms with Crippen LogP contribution in [0.2, 0.25) is 0 Å². The smallest absolute Gasteiger partial charge is 0.418 e. The summed E-state index contributed by atoms with van der Waals surface area (Å²) in [6.45, 7) is 0. The van der Waals surface area contributed by atoms with Crippen LogP contribution in [0, 0.1) is 0 Å². The number of alkyl halides is 3. The summed E-state index contributed by atoms with van der Waals surface area (Å²) in [5, 5.41) is 2.66. The number of rotatable bonds is 4. The Hall–Kier alpha value is -2.16. The van der Waals surface area contributed by atoms with Gasteiger partial charge in [0.05, 0.1) is 17.5 Å². The number of nitrogen functional groups attached to an aromatic ring is 1. The number of halogens is 3. The van der Waals surface area contributed by atoms with Gasteiger partial charge in [-0.3, -0.25) is 4.79 Å². The van der Waals surface area contributed by atoms with E-state index in [1.165, 1.54) is 18.5 Å². The van der Waals surface area contributed by atoms with Gasteiger partial charge in [0.25, 0.3) is 5.22 Å². The highest BCUT2D eigenvalue weighted by Crippen LogP contribution is 2.35. The van der Waals surface area contributed by atoms with Gasteiger partial charge in [-0.1, -0.05) is 11.8 Å². The minimum absolute atomic E-state index is 0.0227. The highest BCUT2D eigenvalue weighted by molar-refractivity contribution is 7.99. The Morgan fingerprint density at radius 3 is 2.81 bits per heavy atom. The third-order valence-corrected chi connectivity index (χ3v) is 3.23. The normalized spacial score (nSPS) is 11.4. The predicted octanol–water partition coefficient (Wildman–Crippen LogP) is 3.01. The summed E-state index contributed by atoms with van der Waals surface area (Å²) in [6.07, 6.45) is -1.79. The Morgan fingerprint density at radius 2 is 2.19 bits per heavy atom. The number of thioether (sulfide) groups is 1. The molecular weight excluding hydrogens is 307 g/mol. The van der Waals surface area contributed by atoms with Crippen LogP contribution in [0.1, 0.15) is 5.56 Å². The van der Waals surface area contributed by atoms with E-state index in [9.17, 15) is 18.0 Å². The van der Waals surface area contributed by atoms with Gasteiger partial charge in [-0.15, -0.1) is 0 Å². The fraction of sp³-hybridized carbons (Fsp3) is 0.167. The number of anilines is 2. The van der Waals surface area contributed by atoms with E-state index in [2.05, 4.69) is 10.3 Å². The number of hydrogen-bond donors (Lipinski definition) is 2. The lowest BCUT2D eigenvalue weighted by Crippen LogP contribution is -2.15. The summed E-state index contributed by atoms with van der Waals surface area (Å²) in [4.78, 5) is 15.4. The molecule has 0 spiro atoms. The fourth-order valence-corrected chi connectivity index (χ4v) is 2.07. The summed E-state index contributed by atoms with van der Waals surface area (Å²) in [5.41, 5.74) is 3.92. The van der Waals surface area contributed by atoms with E-state index in [1.807, 2.05) is 0 Å². The van der Waals surface area contributed by atoms with Crippen LogP contribution in [-0.2, 0) is 11.0 Å². The second-order valence-electron chi connectivity index (χ2n) is 3.93. The van der Waals surface area contributed by atoms with Crippen molar-refractivity contribution in [2.24, 2.45) is 0 Å². The van der Waals surface area contributed by atoms with Crippen LogP contribution in [0.4, 0.5) is 24.5 Å². The Balaban J connectivity index is 2.01. The molecule has 2 aromatic rings. The van der Waals surface area contributed by atoms with Gasteiger partial charge in [0.2, 0.25) is 5.91 Å². The van der Waals surface area contributed by atoms with Crippen LogP contribution in [0.15, 0.2) is 40.3 Å². The number of hydrogen-bond acceptors (Lipinski definition) is 5. The lowest BCUT2D eigenvalue weighted by molar-refractivity contribution is -0.136. The van der Waals surface area contributed by atoms with Crippen molar-refractivity contribution >= 4 is 29.0 Å². The zero-order valence-corrected chi connectivity index (χ0v) is 11.3.